The molecule has 0 aromatic heterocycles. The lowest BCUT2D eigenvalue weighted by Crippen LogP contribution is -2.47. The highest BCUT2D eigenvalue weighted by atomic mass is 16.6. The molecule has 8 nitrogen and oxygen atoms in total. The average molecular weight is 350 g/mol. The van der Waals surface area contributed by atoms with E-state index in [2.05, 4.69) is 10.1 Å². The first kappa shape index (κ1) is 18.6. The number of carbonyl (C=O) groups excluding carboxylic acids is 2. The summed E-state index contributed by atoms with van der Waals surface area (Å²) in [6.45, 7) is 2.40. The first-order valence-electron chi connectivity index (χ1n) is 7.97. The molecule has 2 unspecified atom stereocenters. The number of rotatable bonds is 5. The van der Waals surface area contributed by atoms with Gasteiger partial charge in [-0.1, -0.05) is 13.0 Å². The number of hydrogen-bond acceptors (Lipinski definition) is 5. The van der Waals surface area contributed by atoms with Crippen LogP contribution in [0.15, 0.2) is 24.3 Å². The minimum atomic E-state index is -0.887. The number of urea groups is 1. The van der Waals surface area contributed by atoms with Crippen molar-refractivity contribution in [2.24, 2.45) is 11.8 Å². The van der Waals surface area contributed by atoms with Crippen LogP contribution in [0.25, 0.3) is 0 Å². The third-order valence-corrected chi connectivity index (χ3v) is 3.97. The zero-order chi connectivity index (χ0) is 18.4. The molecule has 1 heterocycles. The average Bonchev–Trinajstić information content (AvgIpc) is 2.59. The van der Waals surface area contributed by atoms with Gasteiger partial charge in [0.1, 0.15) is 5.75 Å². The van der Waals surface area contributed by atoms with E-state index in [0.29, 0.717) is 24.4 Å². The lowest BCUT2D eigenvalue weighted by atomic mass is 9.91. The molecule has 2 rings (SSSR count). The Labute approximate surface area is 145 Å². The first-order valence-corrected chi connectivity index (χ1v) is 7.97. The van der Waals surface area contributed by atoms with Crippen molar-refractivity contribution in [1.29, 1.82) is 0 Å². The molecule has 2 N–H and O–H groups in total. The zero-order valence-electron chi connectivity index (χ0n) is 14.2. The Bertz CT molecular complexity index is 648. The van der Waals surface area contributed by atoms with E-state index < -0.39 is 17.9 Å². The number of carboxylic acid groups (broad SMARTS) is 1. The van der Waals surface area contributed by atoms with Crippen molar-refractivity contribution in [1.82, 2.24) is 4.90 Å². The molecule has 8 heteroatoms. The number of methoxy groups -OCH3 is 1. The van der Waals surface area contributed by atoms with Gasteiger partial charge in [-0.05, 0) is 24.5 Å². The van der Waals surface area contributed by atoms with E-state index >= 15 is 0 Å². The number of carboxylic acids is 1. The molecule has 0 saturated carbocycles. The lowest BCUT2D eigenvalue weighted by Gasteiger charge is -2.34. The fraction of sp³-hybridized carbons (Fsp3) is 0.471. The van der Waals surface area contributed by atoms with Crippen molar-refractivity contribution in [3.63, 3.8) is 0 Å². The number of nitrogens with one attached hydrogen (secondary N) is 1. The second-order valence-electron chi connectivity index (χ2n) is 6.10. The summed E-state index contributed by atoms with van der Waals surface area (Å²) in [7, 11) is 1.27. The highest BCUT2D eigenvalue weighted by Gasteiger charge is 2.31. The van der Waals surface area contributed by atoms with Gasteiger partial charge in [-0.25, -0.2) is 9.59 Å². The predicted octanol–water partition coefficient (Wildman–Crippen LogP) is 1.81. The summed E-state index contributed by atoms with van der Waals surface area (Å²) in [6.07, 6.45) is 0.565. The molecule has 1 aliphatic rings. The van der Waals surface area contributed by atoms with Gasteiger partial charge in [0.25, 0.3) is 0 Å². The second-order valence-corrected chi connectivity index (χ2v) is 6.10. The molecule has 1 aliphatic heterocycles. The van der Waals surface area contributed by atoms with Crippen molar-refractivity contribution in [3.8, 4) is 5.75 Å². The molecule has 2 amide bonds. The number of aliphatic carboxylic acids is 1. The molecule has 25 heavy (non-hydrogen) atoms. The number of nitrogens with zero attached hydrogens (tertiary/aromatic N) is 1. The number of likely N-dealkylation sites (tertiary alicyclic amines) is 1. The third kappa shape index (κ3) is 5.37. The van der Waals surface area contributed by atoms with Gasteiger partial charge < -0.3 is 24.8 Å². The second kappa shape index (κ2) is 8.36. The summed E-state index contributed by atoms with van der Waals surface area (Å²) in [5.41, 5.74) is 0.498. The largest absolute Gasteiger partial charge is 0.482 e. The van der Waals surface area contributed by atoms with Crippen molar-refractivity contribution in [2.75, 3.05) is 32.1 Å². The molecule has 1 aromatic carbocycles. The molecule has 2 atom stereocenters. The van der Waals surface area contributed by atoms with Gasteiger partial charge in [0.15, 0.2) is 6.61 Å². The SMILES string of the molecule is COC(=O)COc1cccc(NC(=O)N2CC(C)CC(C(=O)O)C2)c1. The molecule has 136 valence electrons. The number of piperidine rings is 1. The van der Waals surface area contributed by atoms with Crippen LogP contribution in [0, 0.1) is 11.8 Å². The van der Waals surface area contributed by atoms with E-state index in [9.17, 15) is 19.5 Å². The van der Waals surface area contributed by atoms with Crippen LogP contribution in [0.2, 0.25) is 0 Å². The Balaban J connectivity index is 1.97. The fourth-order valence-corrected chi connectivity index (χ4v) is 2.76. The molecule has 0 spiro atoms. The molecule has 1 fully saturated rings. The van der Waals surface area contributed by atoms with Crippen LogP contribution in [-0.4, -0.2) is 54.8 Å². The van der Waals surface area contributed by atoms with Crippen LogP contribution in [0.1, 0.15) is 13.3 Å². The summed E-state index contributed by atoms with van der Waals surface area (Å²) in [6, 6.07) is 6.25. The van der Waals surface area contributed by atoms with E-state index in [-0.39, 0.29) is 25.1 Å². The summed E-state index contributed by atoms with van der Waals surface area (Å²) in [5, 5.41) is 11.9. The van der Waals surface area contributed by atoms with Gasteiger partial charge in [-0.2, -0.15) is 0 Å². The van der Waals surface area contributed by atoms with Crippen molar-refractivity contribution < 1.29 is 29.0 Å². The Kier molecular flexibility index (Phi) is 6.21. The van der Waals surface area contributed by atoms with E-state index in [0.717, 1.165) is 0 Å². The van der Waals surface area contributed by atoms with Crippen LogP contribution in [0.3, 0.4) is 0 Å². The van der Waals surface area contributed by atoms with Gasteiger partial charge in [0.2, 0.25) is 0 Å². The van der Waals surface area contributed by atoms with Crippen molar-refractivity contribution in [2.45, 2.75) is 13.3 Å². The molecule has 1 aromatic rings. The van der Waals surface area contributed by atoms with Crippen LogP contribution in [0.5, 0.6) is 5.75 Å². The van der Waals surface area contributed by atoms with Crippen molar-refractivity contribution >= 4 is 23.7 Å². The van der Waals surface area contributed by atoms with Crippen LogP contribution in [-0.2, 0) is 14.3 Å². The van der Waals surface area contributed by atoms with Crippen molar-refractivity contribution in [3.05, 3.63) is 24.3 Å². The molecule has 0 bridgehead atoms. The normalized spacial score (nSPS) is 19.8. The summed E-state index contributed by atoms with van der Waals surface area (Å²) >= 11 is 0. The maximum absolute atomic E-state index is 12.4. The number of amides is 2. The lowest BCUT2D eigenvalue weighted by molar-refractivity contribution is -0.144. The first-order chi connectivity index (χ1) is 11.9. The van der Waals surface area contributed by atoms with E-state index in [1.165, 1.54) is 12.0 Å². The van der Waals surface area contributed by atoms with Gasteiger partial charge in [-0.15, -0.1) is 0 Å². The predicted molar refractivity (Wildman–Crippen MR) is 89.5 cm³/mol. The molecule has 0 radical (unpaired) electrons. The van der Waals surface area contributed by atoms with Gasteiger partial charge in [0.05, 0.1) is 13.0 Å². The maximum atomic E-state index is 12.4. The monoisotopic (exact) mass is 350 g/mol. The summed E-state index contributed by atoms with van der Waals surface area (Å²) < 4.78 is 9.77. The molecule has 1 saturated heterocycles. The Hall–Kier alpha value is -2.77. The minimum Gasteiger partial charge on any atom is -0.482 e. The molecular weight excluding hydrogens is 328 g/mol. The number of anilines is 1. The van der Waals surface area contributed by atoms with Crippen LogP contribution < -0.4 is 10.1 Å². The Morgan fingerprint density at radius 1 is 1.32 bits per heavy atom. The van der Waals surface area contributed by atoms with Gasteiger partial charge in [-0.3, -0.25) is 4.79 Å². The Morgan fingerprint density at radius 2 is 2.08 bits per heavy atom. The number of benzene rings is 1. The molecule has 0 aliphatic carbocycles. The topological polar surface area (TPSA) is 105 Å². The number of ether oxygens (including phenoxy) is 2. The zero-order valence-corrected chi connectivity index (χ0v) is 14.2. The van der Waals surface area contributed by atoms with Crippen LogP contribution in [0.4, 0.5) is 10.5 Å². The number of hydrogen-bond donors (Lipinski definition) is 2. The standard InChI is InChI=1S/C17H22N2O6/c1-11-6-12(16(21)22)9-19(8-11)17(23)18-13-4-3-5-14(7-13)25-10-15(20)24-2/h3-5,7,11-12H,6,8-10H2,1-2H3,(H,18,23)(H,21,22). The Morgan fingerprint density at radius 3 is 2.76 bits per heavy atom. The summed E-state index contributed by atoms with van der Waals surface area (Å²) in [4.78, 5) is 36.2. The van der Waals surface area contributed by atoms with E-state index in [1.807, 2.05) is 6.92 Å². The number of esters is 1. The van der Waals surface area contributed by atoms with Crippen LogP contribution >= 0.6 is 0 Å². The highest BCUT2D eigenvalue weighted by Crippen LogP contribution is 2.23. The maximum Gasteiger partial charge on any atom is 0.343 e. The third-order valence-electron chi connectivity index (χ3n) is 3.97. The number of carbonyl (C=O) groups is 3. The fourth-order valence-electron chi connectivity index (χ4n) is 2.76. The molecular formula is C17H22N2O6. The minimum absolute atomic E-state index is 0.121. The smallest absolute Gasteiger partial charge is 0.343 e. The van der Waals surface area contributed by atoms with Gasteiger partial charge in [0, 0.05) is 24.8 Å². The quantitative estimate of drug-likeness (QED) is 0.785. The highest BCUT2D eigenvalue weighted by molar-refractivity contribution is 5.90. The van der Waals surface area contributed by atoms with E-state index in [4.69, 9.17) is 4.74 Å². The van der Waals surface area contributed by atoms with E-state index in [1.54, 1.807) is 24.3 Å². The summed E-state index contributed by atoms with van der Waals surface area (Å²) in [5.74, 6) is -1.41. The van der Waals surface area contributed by atoms with Gasteiger partial charge >= 0.3 is 18.0 Å².